The van der Waals surface area contributed by atoms with Gasteiger partial charge in [-0.25, -0.2) is 0 Å². The first-order chi connectivity index (χ1) is 10.2. The number of likely N-dealkylation sites (tertiary alicyclic amines) is 1. The maximum atomic E-state index is 11.8. The Kier molecular flexibility index (Phi) is 6.45. The molecule has 2 heterocycles. The van der Waals surface area contributed by atoms with Crippen LogP contribution in [0.4, 0.5) is 0 Å². The third-order valence-corrected chi connectivity index (χ3v) is 5.09. The predicted octanol–water partition coefficient (Wildman–Crippen LogP) is 1.09. The highest BCUT2D eigenvalue weighted by Crippen LogP contribution is 2.28. The molecule has 3 atom stereocenters. The molecule has 2 rings (SSSR count). The first kappa shape index (κ1) is 16.7. The predicted molar refractivity (Wildman–Crippen MR) is 84.3 cm³/mol. The van der Waals surface area contributed by atoms with Gasteiger partial charge in [-0.1, -0.05) is 6.92 Å². The second kappa shape index (κ2) is 8.11. The first-order valence-electron chi connectivity index (χ1n) is 8.41. The van der Waals surface area contributed by atoms with Gasteiger partial charge < -0.3 is 15.0 Å². The highest BCUT2D eigenvalue weighted by molar-refractivity contribution is 5.75. The van der Waals surface area contributed by atoms with Crippen molar-refractivity contribution >= 4 is 5.97 Å². The molecule has 0 radical (unpaired) electrons. The SMILES string of the molecule is CCCNC(CCN1CCC2CCC(C1)N2C)C(=O)OC. The molecule has 2 saturated heterocycles. The number of hydrogen-bond donors (Lipinski definition) is 1. The number of nitrogens with one attached hydrogen (secondary N) is 1. The van der Waals surface area contributed by atoms with Gasteiger partial charge in [0.15, 0.2) is 0 Å². The molecule has 2 bridgehead atoms. The van der Waals surface area contributed by atoms with Crippen LogP contribution in [-0.4, -0.2) is 74.2 Å². The van der Waals surface area contributed by atoms with Crippen LogP contribution >= 0.6 is 0 Å². The van der Waals surface area contributed by atoms with E-state index in [9.17, 15) is 4.79 Å². The summed E-state index contributed by atoms with van der Waals surface area (Å²) in [7, 11) is 3.74. The first-order valence-corrected chi connectivity index (χ1v) is 8.41. The number of hydrogen-bond acceptors (Lipinski definition) is 5. The monoisotopic (exact) mass is 297 g/mol. The quantitative estimate of drug-likeness (QED) is 0.713. The summed E-state index contributed by atoms with van der Waals surface area (Å²) in [5, 5.41) is 3.31. The van der Waals surface area contributed by atoms with Crippen LogP contribution < -0.4 is 5.32 Å². The van der Waals surface area contributed by atoms with Crippen molar-refractivity contribution in [3.05, 3.63) is 0 Å². The number of carbonyl (C=O) groups excluding carboxylic acids is 1. The van der Waals surface area contributed by atoms with Gasteiger partial charge >= 0.3 is 5.97 Å². The number of fused-ring (bicyclic) bond motifs is 2. The molecular weight excluding hydrogens is 266 g/mol. The fourth-order valence-electron chi connectivity index (χ4n) is 3.66. The molecule has 0 aromatic rings. The van der Waals surface area contributed by atoms with Crippen molar-refractivity contribution in [1.82, 2.24) is 15.1 Å². The van der Waals surface area contributed by atoms with Crippen molar-refractivity contribution in [1.29, 1.82) is 0 Å². The average molecular weight is 297 g/mol. The lowest BCUT2D eigenvalue weighted by atomic mass is 10.1. The second-order valence-corrected chi connectivity index (χ2v) is 6.46. The lowest BCUT2D eigenvalue weighted by molar-refractivity contribution is -0.143. The highest BCUT2D eigenvalue weighted by Gasteiger charge is 2.34. The molecule has 0 aromatic heterocycles. The summed E-state index contributed by atoms with van der Waals surface area (Å²) < 4.78 is 4.91. The Hall–Kier alpha value is -0.650. The lowest BCUT2D eigenvalue weighted by Gasteiger charge is -2.27. The molecular formula is C16H31N3O2. The van der Waals surface area contributed by atoms with Gasteiger partial charge in [-0.3, -0.25) is 9.69 Å². The van der Waals surface area contributed by atoms with Crippen LogP contribution in [0.5, 0.6) is 0 Å². The van der Waals surface area contributed by atoms with E-state index in [-0.39, 0.29) is 12.0 Å². The van der Waals surface area contributed by atoms with Crippen LogP contribution in [0, 0.1) is 0 Å². The number of esters is 1. The van der Waals surface area contributed by atoms with Crippen molar-refractivity contribution in [2.45, 2.75) is 57.2 Å². The van der Waals surface area contributed by atoms with Crippen LogP contribution in [0.1, 0.15) is 39.0 Å². The fraction of sp³-hybridized carbons (Fsp3) is 0.938. The fourth-order valence-corrected chi connectivity index (χ4v) is 3.66. The van der Waals surface area contributed by atoms with Gasteiger partial charge in [0.25, 0.3) is 0 Å². The molecule has 0 amide bonds. The molecule has 21 heavy (non-hydrogen) atoms. The van der Waals surface area contributed by atoms with E-state index in [0.29, 0.717) is 6.04 Å². The van der Waals surface area contributed by atoms with Crippen LogP contribution in [-0.2, 0) is 9.53 Å². The largest absolute Gasteiger partial charge is 0.468 e. The van der Waals surface area contributed by atoms with Crippen LogP contribution in [0.15, 0.2) is 0 Å². The van der Waals surface area contributed by atoms with E-state index < -0.39 is 0 Å². The van der Waals surface area contributed by atoms with Gasteiger partial charge in [0.05, 0.1) is 7.11 Å². The Morgan fingerprint density at radius 3 is 2.81 bits per heavy atom. The van der Waals surface area contributed by atoms with E-state index in [1.165, 1.54) is 26.4 Å². The van der Waals surface area contributed by atoms with E-state index in [4.69, 9.17) is 4.74 Å². The minimum Gasteiger partial charge on any atom is -0.468 e. The molecule has 2 aliphatic rings. The van der Waals surface area contributed by atoms with E-state index in [2.05, 4.69) is 29.1 Å². The van der Waals surface area contributed by atoms with Crippen molar-refractivity contribution in [2.24, 2.45) is 0 Å². The summed E-state index contributed by atoms with van der Waals surface area (Å²) in [4.78, 5) is 16.9. The van der Waals surface area contributed by atoms with E-state index in [0.717, 1.165) is 45.1 Å². The van der Waals surface area contributed by atoms with Crippen LogP contribution in [0.25, 0.3) is 0 Å². The summed E-state index contributed by atoms with van der Waals surface area (Å²) in [5.74, 6) is -0.128. The molecule has 0 spiro atoms. The van der Waals surface area contributed by atoms with Gasteiger partial charge in [-0.2, -0.15) is 0 Å². The molecule has 1 N–H and O–H groups in total. The maximum Gasteiger partial charge on any atom is 0.322 e. The van der Waals surface area contributed by atoms with Gasteiger partial charge in [0.1, 0.15) is 6.04 Å². The molecule has 3 unspecified atom stereocenters. The Bertz CT molecular complexity index is 337. The zero-order valence-corrected chi connectivity index (χ0v) is 13.8. The molecule has 0 aromatic carbocycles. The second-order valence-electron chi connectivity index (χ2n) is 6.46. The zero-order valence-electron chi connectivity index (χ0n) is 13.8. The van der Waals surface area contributed by atoms with Crippen molar-refractivity contribution in [3.63, 3.8) is 0 Å². The minimum atomic E-state index is -0.159. The third kappa shape index (κ3) is 4.41. The normalized spacial score (nSPS) is 28.3. The van der Waals surface area contributed by atoms with E-state index >= 15 is 0 Å². The molecule has 2 aliphatic heterocycles. The molecule has 5 heteroatoms. The van der Waals surface area contributed by atoms with Crippen molar-refractivity contribution in [3.8, 4) is 0 Å². The molecule has 0 aliphatic carbocycles. The standard InChI is InChI=1S/C16H31N3O2/c1-4-9-17-15(16(20)21-3)8-11-19-10-7-13-5-6-14(12-19)18(13)2/h13-15,17H,4-12H2,1-3H3. The Morgan fingerprint density at radius 2 is 2.10 bits per heavy atom. The summed E-state index contributed by atoms with van der Waals surface area (Å²) >= 11 is 0. The summed E-state index contributed by atoms with van der Waals surface area (Å²) in [5.41, 5.74) is 0. The maximum absolute atomic E-state index is 11.8. The molecule has 2 fully saturated rings. The minimum absolute atomic E-state index is 0.128. The summed E-state index contributed by atoms with van der Waals surface area (Å²) in [6.07, 6.45) is 5.82. The van der Waals surface area contributed by atoms with E-state index in [1.54, 1.807) is 0 Å². The number of nitrogens with zero attached hydrogens (tertiary/aromatic N) is 2. The Labute approximate surface area is 129 Å². The zero-order chi connectivity index (χ0) is 15.2. The number of ether oxygens (including phenoxy) is 1. The number of rotatable bonds is 7. The van der Waals surface area contributed by atoms with Crippen LogP contribution in [0.3, 0.4) is 0 Å². The third-order valence-electron chi connectivity index (χ3n) is 5.09. The molecule has 122 valence electrons. The number of carbonyl (C=O) groups is 1. The van der Waals surface area contributed by atoms with Gasteiger partial charge in [0.2, 0.25) is 0 Å². The molecule has 5 nitrogen and oxygen atoms in total. The smallest absolute Gasteiger partial charge is 0.322 e. The van der Waals surface area contributed by atoms with E-state index in [1.807, 2.05) is 0 Å². The summed E-state index contributed by atoms with van der Waals surface area (Å²) in [6.45, 7) is 6.27. The topological polar surface area (TPSA) is 44.8 Å². The summed E-state index contributed by atoms with van der Waals surface area (Å²) in [6, 6.07) is 1.32. The molecule has 0 saturated carbocycles. The average Bonchev–Trinajstić information content (AvgIpc) is 2.73. The number of methoxy groups -OCH3 is 1. The Morgan fingerprint density at radius 1 is 1.33 bits per heavy atom. The van der Waals surface area contributed by atoms with Crippen molar-refractivity contribution < 1.29 is 9.53 Å². The Balaban J connectivity index is 1.81. The lowest BCUT2D eigenvalue weighted by Crippen LogP contribution is -2.42. The van der Waals surface area contributed by atoms with Crippen LogP contribution in [0.2, 0.25) is 0 Å². The van der Waals surface area contributed by atoms with Gasteiger partial charge in [0, 0.05) is 25.2 Å². The number of likely N-dealkylation sites (N-methyl/N-ethyl adjacent to an activating group) is 1. The van der Waals surface area contributed by atoms with Crippen molar-refractivity contribution in [2.75, 3.05) is 40.3 Å². The van der Waals surface area contributed by atoms with Gasteiger partial charge in [-0.05, 0) is 52.2 Å². The highest BCUT2D eigenvalue weighted by atomic mass is 16.5. The van der Waals surface area contributed by atoms with Gasteiger partial charge in [-0.15, -0.1) is 0 Å².